The number of carbonyl (C=O) groups excluding carboxylic acids is 1. The lowest BCUT2D eigenvalue weighted by molar-refractivity contribution is 0.102. The lowest BCUT2D eigenvalue weighted by Crippen LogP contribution is -2.24. The van der Waals surface area contributed by atoms with Crippen LogP contribution in [0.5, 0.6) is 0 Å². The highest BCUT2D eigenvalue weighted by Gasteiger charge is 2.45. The summed E-state index contributed by atoms with van der Waals surface area (Å²) in [4.78, 5) is 38.2. The molecule has 0 saturated carbocycles. The molecule has 1 heterocycles. The van der Waals surface area contributed by atoms with Crippen LogP contribution < -0.4 is 5.32 Å². The number of fused-ring (bicyclic) bond motifs is 3. The maximum absolute atomic E-state index is 12.7. The Balaban J connectivity index is 1.54. The zero-order chi connectivity index (χ0) is 21.5. The summed E-state index contributed by atoms with van der Waals surface area (Å²) in [6.45, 7) is 3.53. The van der Waals surface area contributed by atoms with Gasteiger partial charge in [-0.15, -0.1) is 11.3 Å². The molecular weight excluding hydrogens is 419 g/mol. The summed E-state index contributed by atoms with van der Waals surface area (Å²) in [5.74, 6) is -0.294. The average Bonchev–Trinajstić information content (AvgIpc) is 3.26. The van der Waals surface area contributed by atoms with Crippen LogP contribution in [0.25, 0.3) is 11.3 Å². The van der Waals surface area contributed by atoms with Gasteiger partial charge in [-0.3, -0.25) is 14.7 Å². The first-order valence-corrected chi connectivity index (χ1v) is 12.3. The fourth-order valence-corrected chi connectivity index (χ4v) is 6.46. The molecule has 0 radical (unpaired) electrons. The Hall–Kier alpha value is -2.31. The maximum atomic E-state index is 12.7. The quantitative estimate of drug-likeness (QED) is 0.358. The van der Waals surface area contributed by atoms with Crippen molar-refractivity contribution in [3.8, 4) is 11.3 Å². The molecule has 30 heavy (non-hydrogen) atoms. The Labute approximate surface area is 179 Å². The number of amides is 1. The molecule has 1 aliphatic rings. The van der Waals surface area contributed by atoms with Crippen molar-refractivity contribution >= 4 is 30.0 Å². The van der Waals surface area contributed by atoms with Gasteiger partial charge in [0.2, 0.25) is 0 Å². The van der Waals surface area contributed by atoms with Gasteiger partial charge < -0.3 is 9.79 Å². The first-order chi connectivity index (χ1) is 14.3. The number of hydrogen-bond donors (Lipinski definition) is 3. The Morgan fingerprint density at radius 1 is 1.13 bits per heavy atom. The van der Waals surface area contributed by atoms with Crippen molar-refractivity contribution in [2.75, 3.05) is 5.32 Å². The monoisotopic (exact) mass is 442 g/mol. The van der Waals surface area contributed by atoms with Gasteiger partial charge in [0, 0.05) is 22.4 Å². The van der Waals surface area contributed by atoms with Gasteiger partial charge >= 0.3 is 7.60 Å². The summed E-state index contributed by atoms with van der Waals surface area (Å²) >= 11 is 1.47. The summed E-state index contributed by atoms with van der Waals surface area (Å²) in [5, 5.41) is 2.17. The van der Waals surface area contributed by atoms with E-state index < -0.39 is 12.8 Å². The third kappa shape index (κ3) is 3.42. The number of nitrogens with zero attached hydrogens (tertiary/aromatic N) is 1. The van der Waals surface area contributed by atoms with Gasteiger partial charge in [-0.25, -0.2) is 4.98 Å². The highest BCUT2D eigenvalue weighted by molar-refractivity contribution is 7.53. The van der Waals surface area contributed by atoms with E-state index in [2.05, 4.69) is 16.4 Å². The number of aromatic nitrogens is 1. The minimum Gasteiger partial charge on any atom is -0.324 e. The van der Waals surface area contributed by atoms with E-state index in [1.54, 1.807) is 38.1 Å². The molecule has 0 bridgehead atoms. The van der Waals surface area contributed by atoms with Gasteiger partial charge in [0.25, 0.3) is 5.91 Å². The molecule has 0 spiro atoms. The number of rotatable bonds is 6. The predicted octanol–water partition coefficient (Wildman–Crippen LogP) is 5.16. The van der Waals surface area contributed by atoms with Crippen LogP contribution in [-0.4, -0.2) is 20.7 Å². The van der Waals surface area contributed by atoms with Crippen molar-refractivity contribution in [2.24, 2.45) is 0 Å². The van der Waals surface area contributed by atoms with E-state index in [1.807, 2.05) is 18.2 Å². The highest BCUT2D eigenvalue weighted by Crippen LogP contribution is 2.60. The fraction of sp³-hybridized carbons (Fsp3) is 0.273. The topological polar surface area (TPSA) is 99.5 Å². The SMILES string of the molecule is CCC(CC)(c1ccc(C(=O)Nc2nc3c(s2)Cc2ccccc2-3)cc1)P(=O)(O)O. The van der Waals surface area contributed by atoms with Crippen molar-refractivity contribution in [3.05, 3.63) is 70.1 Å². The summed E-state index contributed by atoms with van der Waals surface area (Å²) in [5.41, 5.74) is 4.25. The molecule has 156 valence electrons. The number of carbonyl (C=O) groups is 1. The van der Waals surface area contributed by atoms with Gasteiger partial charge in [-0.2, -0.15) is 0 Å². The fourth-order valence-electron chi connectivity index (χ4n) is 4.15. The average molecular weight is 442 g/mol. The minimum absolute atomic E-state index is 0.294. The molecule has 1 amide bonds. The molecule has 1 aromatic heterocycles. The molecule has 0 atom stereocenters. The molecule has 2 aromatic carbocycles. The minimum atomic E-state index is -4.36. The van der Waals surface area contributed by atoms with Gasteiger partial charge in [-0.1, -0.05) is 50.2 Å². The van der Waals surface area contributed by atoms with E-state index in [-0.39, 0.29) is 5.91 Å². The smallest absolute Gasteiger partial charge is 0.324 e. The van der Waals surface area contributed by atoms with E-state index in [0.29, 0.717) is 29.1 Å². The zero-order valence-electron chi connectivity index (χ0n) is 16.8. The normalized spacial score (nSPS) is 13.1. The largest absolute Gasteiger partial charge is 0.335 e. The second kappa shape index (κ2) is 7.75. The van der Waals surface area contributed by atoms with Gasteiger partial charge in [-0.05, 0) is 36.1 Å². The molecular formula is C22H23N2O4PS. The summed E-state index contributed by atoms with van der Waals surface area (Å²) in [7, 11) is -4.36. The number of thiazole rings is 1. The highest BCUT2D eigenvalue weighted by atomic mass is 32.1. The molecule has 6 nitrogen and oxygen atoms in total. The van der Waals surface area contributed by atoms with Crippen molar-refractivity contribution in [2.45, 2.75) is 38.3 Å². The van der Waals surface area contributed by atoms with Crippen molar-refractivity contribution in [1.29, 1.82) is 0 Å². The lowest BCUT2D eigenvalue weighted by atomic mass is 9.92. The number of anilines is 1. The van der Waals surface area contributed by atoms with Crippen LogP contribution in [0.1, 0.15) is 53.1 Å². The van der Waals surface area contributed by atoms with Gasteiger partial charge in [0.1, 0.15) is 0 Å². The maximum Gasteiger partial charge on any atom is 0.335 e. The van der Waals surface area contributed by atoms with E-state index in [1.165, 1.54) is 16.9 Å². The molecule has 1 aliphatic carbocycles. The van der Waals surface area contributed by atoms with Crippen molar-refractivity contribution in [1.82, 2.24) is 4.98 Å². The van der Waals surface area contributed by atoms with Crippen LogP contribution in [0.4, 0.5) is 5.13 Å². The second-order valence-electron chi connectivity index (χ2n) is 7.44. The standard InChI is InChI=1S/C22H23N2O4PS/c1-3-22(4-2,29(26,27)28)16-11-9-14(10-12-16)20(25)24-21-23-19-17-8-6-5-7-15(17)13-18(19)30-21/h5-12H,3-4,13H2,1-2H3,(H,23,24,25)(H2,26,27,28). The van der Waals surface area contributed by atoms with Crippen LogP contribution in [0.2, 0.25) is 0 Å². The molecule has 0 fully saturated rings. The predicted molar refractivity (Wildman–Crippen MR) is 119 cm³/mol. The first kappa shape index (κ1) is 20.9. The zero-order valence-corrected chi connectivity index (χ0v) is 18.5. The van der Waals surface area contributed by atoms with Crippen LogP contribution in [0.3, 0.4) is 0 Å². The second-order valence-corrected chi connectivity index (χ2v) is 10.5. The molecule has 3 aromatic rings. The Morgan fingerprint density at radius 3 is 2.43 bits per heavy atom. The molecule has 3 N–H and O–H groups in total. The molecule has 8 heteroatoms. The summed E-state index contributed by atoms with van der Waals surface area (Å²) in [6.07, 6.45) is 1.45. The van der Waals surface area contributed by atoms with Crippen molar-refractivity contribution < 1.29 is 19.1 Å². The molecule has 0 aliphatic heterocycles. The Morgan fingerprint density at radius 2 is 1.80 bits per heavy atom. The van der Waals surface area contributed by atoms with Crippen LogP contribution >= 0.6 is 18.9 Å². The van der Waals surface area contributed by atoms with Crippen LogP contribution in [0, 0.1) is 0 Å². The summed E-state index contributed by atoms with van der Waals surface area (Å²) < 4.78 is 12.1. The number of benzene rings is 2. The Kier molecular flexibility index (Phi) is 5.41. The van der Waals surface area contributed by atoms with E-state index >= 15 is 0 Å². The van der Waals surface area contributed by atoms with Gasteiger partial charge in [0.05, 0.1) is 10.9 Å². The van der Waals surface area contributed by atoms with E-state index in [9.17, 15) is 19.1 Å². The Bertz CT molecular complexity index is 1150. The summed E-state index contributed by atoms with van der Waals surface area (Å²) in [6, 6.07) is 14.6. The third-order valence-electron chi connectivity index (χ3n) is 5.95. The molecule has 0 saturated heterocycles. The van der Waals surface area contributed by atoms with E-state index in [4.69, 9.17) is 0 Å². The lowest BCUT2D eigenvalue weighted by Gasteiger charge is -2.32. The third-order valence-corrected chi connectivity index (χ3v) is 8.93. The molecule has 4 rings (SSSR count). The number of hydrogen-bond acceptors (Lipinski definition) is 4. The first-order valence-electron chi connectivity index (χ1n) is 9.84. The van der Waals surface area contributed by atoms with Crippen LogP contribution in [-0.2, 0) is 16.1 Å². The van der Waals surface area contributed by atoms with Crippen molar-refractivity contribution in [3.63, 3.8) is 0 Å². The molecule has 0 unspecified atom stereocenters. The van der Waals surface area contributed by atoms with Gasteiger partial charge in [0.15, 0.2) is 5.13 Å². The van der Waals surface area contributed by atoms with E-state index in [0.717, 1.165) is 22.6 Å². The van der Waals surface area contributed by atoms with Crippen LogP contribution in [0.15, 0.2) is 48.5 Å². The number of nitrogens with one attached hydrogen (secondary N) is 1.